The molecule has 0 radical (unpaired) electrons. The van der Waals surface area contributed by atoms with Crippen molar-refractivity contribution >= 4 is 11.7 Å². The van der Waals surface area contributed by atoms with Crippen LogP contribution in [0.3, 0.4) is 0 Å². The van der Waals surface area contributed by atoms with Crippen molar-refractivity contribution in [1.29, 1.82) is 0 Å². The molecule has 0 aliphatic carbocycles. The minimum Gasteiger partial charge on any atom is -0.478 e. The van der Waals surface area contributed by atoms with E-state index in [4.69, 9.17) is 5.11 Å². The van der Waals surface area contributed by atoms with Crippen molar-refractivity contribution in [2.75, 3.05) is 19.4 Å². The molecular formula is C17H20N2O2. The number of carboxylic acid groups (broad SMARTS) is 1. The highest BCUT2D eigenvalue weighted by Gasteiger charge is 2.04. The van der Waals surface area contributed by atoms with Crippen molar-refractivity contribution < 1.29 is 9.90 Å². The highest BCUT2D eigenvalue weighted by Crippen LogP contribution is 2.17. The van der Waals surface area contributed by atoms with Crippen LogP contribution in [-0.2, 0) is 13.1 Å². The van der Waals surface area contributed by atoms with Crippen molar-refractivity contribution in [2.24, 2.45) is 0 Å². The topological polar surface area (TPSA) is 52.6 Å². The van der Waals surface area contributed by atoms with Crippen LogP contribution < -0.4 is 5.32 Å². The lowest BCUT2D eigenvalue weighted by atomic mass is 10.1. The van der Waals surface area contributed by atoms with Gasteiger partial charge >= 0.3 is 5.97 Å². The normalized spacial score (nSPS) is 10.6. The minimum absolute atomic E-state index is 0.312. The van der Waals surface area contributed by atoms with E-state index in [-0.39, 0.29) is 0 Å². The number of carboxylic acids is 1. The molecule has 4 nitrogen and oxygen atoms in total. The highest BCUT2D eigenvalue weighted by molar-refractivity contribution is 5.87. The van der Waals surface area contributed by atoms with Gasteiger partial charge in [0.25, 0.3) is 0 Å². The van der Waals surface area contributed by atoms with E-state index >= 15 is 0 Å². The predicted octanol–water partition coefficient (Wildman–Crippen LogP) is 3.06. The molecule has 0 atom stereocenters. The molecule has 110 valence electrons. The fourth-order valence-electron chi connectivity index (χ4n) is 2.13. The first-order valence-electron chi connectivity index (χ1n) is 6.85. The molecule has 2 aromatic rings. The third-order valence-electron chi connectivity index (χ3n) is 3.19. The molecule has 0 aromatic heterocycles. The van der Waals surface area contributed by atoms with Crippen LogP contribution in [0.4, 0.5) is 5.69 Å². The largest absolute Gasteiger partial charge is 0.478 e. The Morgan fingerprint density at radius 2 is 1.76 bits per heavy atom. The first-order chi connectivity index (χ1) is 10.1. The average molecular weight is 284 g/mol. The van der Waals surface area contributed by atoms with Crippen molar-refractivity contribution in [3.63, 3.8) is 0 Å². The van der Waals surface area contributed by atoms with Crippen molar-refractivity contribution in [3.05, 3.63) is 65.2 Å². The zero-order valence-corrected chi connectivity index (χ0v) is 12.3. The Labute approximate surface area is 125 Å². The van der Waals surface area contributed by atoms with Crippen LogP contribution in [0.2, 0.25) is 0 Å². The summed E-state index contributed by atoms with van der Waals surface area (Å²) in [7, 11) is 4.09. The van der Waals surface area contributed by atoms with Crippen LogP contribution in [0.1, 0.15) is 21.5 Å². The molecule has 0 aliphatic rings. The van der Waals surface area contributed by atoms with Gasteiger partial charge in [-0.3, -0.25) is 0 Å². The number of aromatic carboxylic acids is 1. The summed E-state index contributed by atoms with van der Waals surface area (Å²) < 4.78 is 0. The number of anilines is 1. The molecule has 21 heavy (non-hydrogen) atoms. The summed E-state index contributed by atoms with van der Waals surface area (Å²) in [5.74, 6) is -0.897. The van der Waals surface area contributed by atoms with Gasteiger partial charge in [0.2, 0.25) is 0 Å². The fraction of sp³-hybridized carbons (Fsp3) is 0.235. The van der Waals surface area contributed by atoms with Gasteiger partial charge in [-0.15, -0.1) is 0 Å². The molecular weight excluding hydrogens is 264 g/mol. The second kappa shape index (κ2) is 6.90. The molecule has 0 spiro atoms. The van der Waals surface area contributed by atoms with Crippen LogP contribution >= 0.6 is 0 Å². The molecule has 0 saturated carbocycles. The molecule has 0 unspecified atom stereocenters. The third kappa shape index (κ3) is 4.33. The Kier molecular flexibility index (Phi) is 4.95. The summed E-state index contributed by atoms with van der Waals surface area (Å²) in [4.78, 5) is 12.9. The number of nitrogens with one attached hydrogen (secondary N) is 1. The summed E-state index contributed by atoms with van der Waals surface area (Å²) in [6.45, 7) is 1.55. The number of benzene rings is 2. The molecule has 0 aliphatic heterocycles. The fourth-order valence-corrected chi connectivity index (χ4v) is 2.13. The van der Waals surface area contributed by atoms with Gasteiger partial charge < -0.3 is 15.3 Å². The van der Waals surface area contributed by atoms with Crippen LogP contribution in [0.15, 0.2) is 48.5 Å². The maximum atomic E-state index is 10.8. The van der Waals surface area contributed by atoms with Gasteiger partial charge in [0, 0.05) is 18.8 Å². The highest BCUT2D eigenvalue weighted by atomic mass is 16.4. The predicted molar refractivity (Wildman–Crippen MR) is 84.6 cm³/mol. The Balaban J connectivity index is 2.04. The smallest absolute Gasteiger partial charge is 0.335 e. The first-order valence-corrected chi connectivity index (χ1v) is 6.85. The van der Waals surface area contributed by atoms with E-state index in [1.165, 1.54) is 5.56 Å². The lowest BCUT2D eigenvalue weighted by Crippen LogP contribution is -2.12. The van der Waals surface area contributed by atoms with Gasteiger partial charge in [-0.1, -0.05) is 30.3 Å². The van der Waals surface area contributed by atoms with Gasteiger partial charge in [0.15, 0.2) is 0 Å². The summed E-state index contributed by atoms with van der Waals surface area (Å²) in [5.41, 5.74) is 3.71. The number of hydrogen-bond acceptors (Lipinski definition) is 3. The zero-order chi connectivity index (χ0) is 15.2. The molecule has 0 fully saturated rings. The van der Waals surface area contributed by atoms with Gasteiger partial charge in [-0.05, 0) is 43.4 Å². The lowest BCUT2D eigenvalue weighted by Gasteiger charge is -2.15. The second-order valence-electron chi connectivity index (χ2n) is 5.25. The number of hydrogen-bond donors (Lipinski definition) is 2. The molecule has 0 heterocycles. The summed E-state index contributed by atoms with van der Waals surface area (Å²) in [6, 6.07) is 15.1. The summed E-state index contributed by atoms with van der Waals surface area (Å²) in [6.07, 6.45) is 0. The van der Waals surface area contributed by atoms with E-state index in [9.17, 15) is 4.79 Å². The Hall–Kier alpha value is -2.33. The molecule has 2 aromatic carbocycles. The van der Waals surface area contributed by atoms with Crippen LogP contribution in [0.25, 0.3) is 0 Å². The molecule has 0 amide bonds. The van der Waals surface area contributed by atoms with Crippen molar-refractivity contribution in [1.82, 2.24) is 4.90 Å². The van der Waals surface area contributed by atoms with Crippen molar-refractivity contribution in [3.8, 4) is 0 Å². The number of carbonyl (C=O) groups is 1. The number of para-hydroxylation sites is 1. The van der Waals surface area contributed by atoms with Crippen LogP contribution in [-0.4, -0.2) is 30.1 Å². The zero-order valence-electron chi connectivity index (χ0n) is 12.3. The minimum atomic E-state index is -0.897. The Bertz CT molecular complexity index is 606. The van der Waals surface area contributed by atoms with E-state index in [0.29, 0.717) is 12.1 Å². The Morgan fingerprint density at radius 3 is 2.38 bits per heavy atom. The van der Waals surface area contributed by atoms with E-state index in [1.54, 1.807) is 12.1 Å². The van der Waals surface area contributed by atoms with Crippen molar-refractivity contribution in [2.45, 2.75) is 13.1 Å². The van der Waals surface area contributed by atoms with E-state index in [0.717, 1.165) is 17.8 Å². The van der Waals surface area contributed by atoms with E-state index in [1.807, 2.05) is 38.4 Å². The van der Waals surface area contributed by atoms with Gasteiger partial charge in [0.05, 0.1) is 5.56 Å². The van der Waals surface area contributed by atoms with Gasteiger partial charge in [0.1, 0.15) is 0 Å². The van der Waals surface area contributed by atoms with Crippen LogP contribution in [0.5, 0.6) is 0 Å². The summed E-state index contributed by atoms with van der Waals surface area (Å²) >= 11 is 0. The third-order valence-corrected chi connectivity index (χ3v) is 3.19. The van der Waals surface area contributed by atoms with E-state index < -0.39 is 5.97 Å². The Morgan fingerprint density at radius 1 is 1.10 bits per heavy atom. The maximum Gasteiger partial charge on any atom is 0.335 e. The molecule has 2 rings (SSSR count). The van der Waals surface area contributed by atoms with Gasteiger partial charge in [-0.2, -0.15) is 0 Å². The molecule has 2 N–H and O–H groups in total. The average Bonchev–Trinajstić information content (AvgIpc) is 2.46. The second-order valence-corrected chi connectivity index (χ2v) is 5.25. The summed E-state index contributed by atoms with van der Waals surface area (Å²) in [5, 5.41) is 12.3. The van der Waals surface area contributed by atoms with Crippen LogP contribution in [0, 0.1) is 0 Å². The first kappa shape index (κ1) is 15.1. The quantitative estimate of drug-likeness (QED) is 0.856. The number of rotatable bonds is 6. The monoisotopic (exact) mass is 284 g/mol. The molecule has 0 bridgehead atoms. The van der Waals surface area contributed by atoms with Gasteiger partial charge in [-0.25, -0.2) is 4.79 Å². The number of nitrogens with zero attached hydrogens (tertiary/aromatic N) is 1. The molecule has 0 saturated heterocycles. The standard InChI is InChI=1S/C17H20N2O2/c1-19(2)12-15-5-3-4-6-16(15)18-11-13-7-9-14(10-8-13)17(20)21/h3-10,18H,11-12H2,1-2H3,(H,20,21). The van der Waals surface area contributed by atoms with E-state index in [2.05, 4.69) is 22.3 Å². The SMILES string of the molecule is CN(C)Cc1ccccc1NCc1ccc(C(=O)O)cc1. The maximum absolute atomic E-state index is 10.8. The molecule has 4 heteroatoms. The lowest BCUT2D eigenvalue weighted by molar-refractivity contribution is 0.0697.